The molecule has 2 aromatic carbocycles. The summed E-state index contributed by atoms with van der Waals surface area (Å²) in [5, 5.41) is 8.53. The van der Waals surface area contributed by atoms with Gasteiger partial charge < -0.3 is 10.1 Å². The molecule has 1 N–H and O–H groups in total. The van der Waals surface area contributed by atoms with Crippen molar-refractivity contribution in [1.29, 1.82) is 0 Å². The van der Waals surface area contributed by atoms with E-state index in [1.165, 1.54) is 0 Å². The van der Waals surface area contributed by atoms with Crippen molar-refractivity contribution in [2.45, 2.75) is 39.2 Å². The van der Waals surface area contributed by atoms with E-state index in [9.17, 15) is 4.79 Å². The summed E-state index contributed by atoms with van der Waals surface area (Å²) in [5.74, 6) is 1.48. The van der Waals surface area contributed by atoms with Gasteiger partial charge in [-0.2, -0.15) is 9.78 Å². The highest BCUT2D eigenvalue weighted by Crippen LogP contribution is 2.41. The zero-order valence-corrected chi connectivity index (χ0v) is 17.9. The first-order valence-electron chi connectivity index (χ1n) is 10.0. The zero-order valence-electron chi connectivity index (χ0n) is 17.0. The van der Waals surface area contributed by atoms with Gasteiger partial charge in [-0.05, 0) is 50.6 Å². The minimum Gasteiger partial charge on any atom is -0.491 e. The average Bonchev–Trinajstić information content (AvgIpc) is 3.28. The number of para-hydroxylation sites is 1. The van der Waals surface area contributed by atoms with Gasteiger partial charge in [-0.3, -0.25) is 4.79 Å². The van der Waals surface area contributed by atoms with Crippen LogP contribution in [-0.2, 0) is 4.79 Å². The smallest absolute Gasteiger partial charge is 0.226 e. The third-order valence-electron chi connectivity index (χ3n) is 5.22. The van der Waals surface area contributed by atoms with Crippen LogP contribution in [-0.4, -0.2) is 26.8 Å². The van der Waals surface area contributed by atoms with E-state index >= 15 is 0 Å². The number of carbonyl (C=O) groups is 1. The average molecular weight is 419 g/mol. The molecule has 0 bridgehead atoms. The number of hydrogen-bond acceptors (Lipinski definition) is 5. The van der Waals surface area contributed by atoms with Gasteiger partial charge in [0.05, 0.1) is 22.0 Å². The fourth-order valence-corrected chi connectivity index (χ4v) is 4.90. The van der Waals surface area contributed by atoms with Gasteiger partial charge in [-0.1, -0.05) is 35.6 Å². The Labute approximate surface area is 178 Å². The van der Waals surface area contributed by atoms with E-state index < -0.39 is 0 Å². The second-order valence-electron chi connectivity index (χ2n) is 7.76. The first-order chi connectivity index (χ1) is 14.5. The van der Waals surface area contributed by atoms with Gasteiger partial charge in [0, 0.05) is 17.9 Å². The van der Waals surface area contributed by atoms with Crippen LogP contribution in [0.25, 0.3) is 15.3 Å². The molecular weight excluding hydrogens is 396 g/mol. The van der Waals surface area contributed by atoms with Crippen LogP contribution in [0.4, 0.5) is 5.82 Å². The number of ether oxygens (including phenoxy) is 1. The minimum absolute atomic E-state index is 0.0164. The third kappa shape index (κ3) is 3.25. The highest BCUT2D eigenvalue weighted by atomic mass is 32.1. The Morgan fingerprint density at radius 3 is 2.67 bits per heavy atom. The number of benzene rings is 2. The highest BCUT2D eigenvalue weighted by Gasteiger charge is 2.33. The maximum atomic E-state index is 12.6. The quantitative estimate of drug-likeness (QED) is 0.503. The molecule has 1 amide bonds. The van der Waals surface area contributed by atoms with Crippen LogP contribution < -0.4 is 10.1 Å². The maximum absolute atomic E-state index is 12.6. The molecule has 0 saturated heterocycles. The lowest BCUT2D eigenvalue weighted by molar-refractivity contribution is -0.116. The third-order valence-corrected chi connectivity index (χ3v) is 6.23. The molecule has 1 aliphatic heterocycles. The number of fused-ring (bicyclic) bond motifs is 2. The lowest BCUT2D eigenvalue weighted by Crippen LogP contribution is -2.24. The van der Waals surface area contributed by atoms with Crippen molar-refractivity contribution in [2.75, 3.05) is 5.32 Å². The molecule has 1 atom stereocenters. The van der Waals surface area contributed by atoms with Crippen LogP contribution >= 0.6 is 11.3 Å². The molecule has 0 unspecified atom stereocenters. The molecule has 2 aromatic heterocycles. The van der Waals surface area contributed by atoms with Crippen molar-refractivity contribution in [3.8, 4) is 10.9 Å². The van der Waals surface area contributed by atoms with E-state index in [0.717, 1.165) is 43.7 Å². The first-order valence-corrected chi connectivity index (χ1v) is 10.8. The Kier molecular flexibility index (Phi) is 4.55. The summed E-state index contributed by atoms with van der Waals surface area (Å²) in [5.41, 5.74) is 3.95. The first kappa shape index (κ1) is 18.8. The van der Waals surface area contributed by atoms with Crippen molar-refractivity contribution in [3.05, 3.63) is 65.4 Å². The summed E-state index contributed by atoms with van der Waals surface area (Å²) in [6.07, 6.45) is 0.515. The van der Waals surface area contributed by atoms with Crippen LogP contribution in [0, 0.1) is 6.92 Å². The molecule has 0 spiro atoms. The molecule has 5 rings (SSSR count). The number of aromatic nitrogens is 3. The van der Waals surface area contributed by atoms with Gasteiger partial charge in [0.1, 0.15) is 11.6 Å². The van der Waals surface area contributed by atoms with Crippen LogP contribution in [0.5, 0.6) is 5.75 Å². The van der Waals surface area contributed by atoms with E-state index in [1.54, 1.807) is 16.0 Å². The minimum atomic E-state index is -0.0509. The Bertz CT molecular complexity index is 1210. The number of hydrogen-bond donors (Lipinski definition) is 1. The van der Waals surface area contributed by atoms with Gasteiger partial charge in [0.2, 0.25) is 11.0 Å². The second-order valence-corrected chi connectivity index (χ2v) is 8.77. The number of carbonyl (C=O) groups excluding carboxylic acids is 1. The lowest BCUT2D eigenvalue weighted by atomic mass is 9.86. The van der Waals surface area contributed by atoms with E-state index in [0.29, 0.717) is 6.42 Å². The van der Waals surface area contributed by atoms with E-state index in [-0.39, 0.29) is 17.9 Å². The molecule has 1 aliphatic rings. The molecule has 6 nitrogen and oxygen atoms in total. The molecule has 3 heterocycles. The molecule has 4 aromatic rings. The summed E-state index contributed by atoms with van der Waals surface area (Å²) < 4.78 is 8.62. The van der Waals surface area contributed by atoms with Crippen molar-refractivity contribution in [1.82, 2.24) is 14.8 Å². The fourth-order valence-electron chi connectivity index (χ4n) is 3.97. The Hall–Kier alpha value is -3.19. The molecule has 7 heteroatoms. The van der Waals surface area contributed by atoms with E-state index in [4.69, 9.17) is 14.8 Å². The molecule has 30 heavy (non-hydrogen) atoms. The van der Waals surface area contributed by atoms with Gasteiger partial charge >= 0.3 is 0 Å². The molecule has 0 aliphatic carbocycles. The highest BCUT2D eigenvalue weighted by molar-refractivity contribution is 7.20. The molecule has 0 fully saturated rings. The van der Waals surface area contributed by atoms with Crippen LogP contribution in [0.3, 0.4) is 0 Å². The van der Waals surface area contributed by atoms with Crippen molar-refractivity contribution < 1.29 is 9.53 Å². The van der Waals surface area contributed by atoms with Crippen molar-refractivity contribution >= 4 is 33.3 Å². The predicted octanol–water partition coefficient (Wildman–Crippen LogP) is 5.05. The Morgan fingerprint density at radius 1 is 1.17 bits per heavy atom. The van der Waals surface area contributed by atoms with Gasteiger partial charge in [-0.25, -0.2) is 4.98 Å². The zero-order chi connectivity index (χ0) is 20.8. The number of amides is 1. The van der Waals surface area contributed by atoms with Gasteiger partial charge in [-0.15, -0.1) is 0 Å². The summed E-state index contributed by atoms with van der Waals surface area (Å²) in [4.78, 5) is 17.3. The van der Waals surface area contributed by atoms with Crippen LogP contribution in [0.15, 0.2) is 48.5 Å². The maximum Gasteiger partial charge on any atom is 0.226 e. The summed E-state index contributed by atoms with van der Waals surface area (Å²) in [6.45, 7) is 6.00. The van der Waals surface area contributed by atoms with Gasteiger partial charge in [0.15, 0.2) is 0 Å². The number of aryl methyl sites for hydroxylation is 1. The summed E-state index contributed by atoms with van der Waals surface area (Å²) in [6, 6.07) is 16.0. The van der Waals surface area contributed by atoms with Crippen LogP contribution in [0.2, 0.25) is 0 Å². The fraction of sp³-hybridized carbons (Fsp3) is 0.261. The number of rotatable bonds is 4. The van der Waals surface area contributed by atoms with Gasteiger partial charge in [0.25, 0.3) is 0 Å². The SMILES string of the molecule is Cc1nn(-c2nc3ccccc3s2)c2c1[C@@H](c1ccc(OC(C)C)cc1)CC(=O)N2. The normalized spacial score (nSPS) is 16.0. The number of thiazole rings is 1. The second kappa shape index (κ2) is 7.25. The number of nitrogens with one attached hydrogen (secondary N) is 1. The Morgan fingerprint density at radius 2 is 1.93 bits per heavy atom. The summed E-state index contributed by atoms with van der Waals surface area (Å²) >= 11 is 1.56. The van der Waals surface area contributed by atoms with Crippen molar-refractivity contribution in [2.24, 2.45) is 0 Å². The summed E-state index contributed by atoms with van der Waals surface area (Å²) in [7, 11) is 0. The number of nitrogens with zero attached hydrogens (tertiary/aromatic N) is 3. The predicted molar refractivity (Wildman–Crippen MR) is 119 cm³/mol. The number of anilines is 1. The standard InChI is InChI=1S/C23H22N4O2S/c1-13(2)29-16-10-8-15(9-11-16)17-12-20(28)25-22-21(17)14(3)26-27(22)23-24-18-6-4-5-7-19(18)30-23/h4-11,13,17H,12H2,1-3H3,(H,25,28)/t17-/m1/s1. The van der Waals surface area contributed by atoms with Crippen LogP contribution in [0.1, 0.15) is 43.0 Å². The molecule has 0 saturated carbocycles. The Balaban J connectivity index is 1.57. The van der Waals surface area contributed by atoms with Crippen molar-refractivity contribution in [3.63, 3.8) is 0 Å². The van der Waals surface area contributed by atoms with E-state index in [2.05, 4.69) is 5.32 Å². The topological polar surface area (TPSA) is 69.0 Å². The molecular formula is C23H22N4O2S. The van der Waals surface area contributed by atoms with E-state index in [1.807, 2.05) is 69.3 Å². The molecule has 0 radical (unpaired) electrons. The lowest BCUT2D eigenvalue weighted by Gasteiger charge is -2.24. The largest absolute Gasteiger partial charge is 0.491 e. The molecule has 152 valence electrons. The monoisotopic (exact) mass is 418 g/mol.